The Morgan fingerprint density at radius 3 is 2.58 bits per heavy atom. The zero-order chi connectivity index (χ0) is 13.7. The lowest BCUT2D eigenvalue weighted by Crippen LogP contribution is -2.32. The maximum Gasteiger partial charge on any atom is 0.317 e. The second-order valence-corrected chi connectivity index (χ2v) is 5.11. The van der Waals surface area contributed by atoms with E-state index in [4.69, 9.17) is 9.84 Å². The number of carboxylic acid groups (broad SMARTS) is 1. The predicted molar refractivity (Wildman–Crippen MR) is 73.2 cm³/mol. The maximum atomic E-state index is 10.8. The molecule has 1 aromatic carbocycles. The first kappa shape index (κ1) is 14.0. The Hall–Kier alpha value is -1.39. The monoisotopic (exact) mass is 263 g/mol. The van der Waals surface area contributed by atoms with Crippen molar-refractivity contribution in [2.24, 2.45) is 0 Å². The van der Waals surface area contributed by atoms with Gasteiger partial charge in [-0.3, -0.25) is 9.69 Å². The Morgan fingerprint density at radius 2 is 2.05 bits per heavy atom. The number of ether oxygens (including phenoxy) is 1. The lowest BCUT2D eigenvalue weighted by Gasteiger charge is -2.20. The van der Waals surface area contributed by atoms with E-state index in [1.165, 1.54) is 18.4 Å². The van der Waals surface area contributed by atoms with E-state index < -0.39 is 5.97 Å². The molecule has 2 rings (SSSR count). The van der Waals surface area contributed by atoms with Gasteiger partial charge >= 0.3 is 5.97 Å². The molecule has 104 valence electrons. The summed E-state index contributed by atoms with van der Waals surface area (Å²) in [4.78, 5) is 12.7. The molecular weight excluding hydrogens is 242 g/mol. The number of methoxy groups -OCH3 is 1. The number of nitrogens with zero attached hydrogens (tertiary/aromatic N) is 1. The Labute approximate surface area is 114 Å². The van der Waals surface area contributed by atoms with Crippen LogP contribution in [0, 0.1) is 0 Å². The van der Waals surface area contributed by atoms with Crippen molar-refractivity contribution in [3.05, 3.63) is 35.4 Å². The van der Waals surface area contributed by atoms with Crippen molar-refractivity contribution in [2.45, 2.75) is 25.3 Å². The number of hydrogen-bond acceptors (Lipinski definition) is 3. The van der Waals surface area contributed by atoms with Gasteiger partial charge in [0.05, 0.1) is 13.2 Å². The fourth-order valence-corrected chi connectivity index (χ4v) is 2.20. The van der Waals surface area contributed by atoms with E-state index in [1.807, 2.05) is 4.90 Å². The molecular formula is C15H21NO3. The van der Waals surface area contributed by atoms with Crippen LogP contribution in [-0.2, 0) is 16.1 Å². The fraction of sp³-hybridized carbons (Fsp3) is 0.533. The second kappa shape index (κ2) is 6.68. The molecule has 0 radical (unpaired) electrons. The topological polar surface area (TPSA) is 49.8 Å². The Balaban J connectivity index is 1.92. The maximum absolute atomic E-state index is 10.8. The minimum atomic E-state index is -0.800. The summed E-state index contributed by atoms with van der Waals surface area (Å²) in [6.45, 7) is 1.88. The molecule has 1 N–H and O–H groups in total. The largest absolute Gasteiger partial charge is 0.480 e. The molecule has 19 heavy (non-hydrogen) atoms. The van der Waals surface area contributed by atoms with Gasteiger partial charge in [-0.2, -0.15) is 0 Å². The highest BCUT2D eigenvalue weighted by Crippen LogP contribution is 2.39. The summed E-state index contributed by atoms with van der Waals surface area (Å²) < 4.78 is 5.02. The third-order valence-corrected chi connectivity index (χ3v) is 3.41. The fourth-order valence-electron chi connectivity index (χ4n) is 2.20. The Bertz CT molecular complexity index is 412. The van der Waals surface area contributed by atoms with Gasteiger partial charge in [0.25, 0.3) is 0 Å². The number of benzene rings is 1. The smallest absolute Gasteiger partial charge is 0.317 e. The van der Waals surface area contributed by atoms with Crippen LogP contribution >= 0.6 is 0 Å². The van der Waals surface area contributed by atoms with Crippen molar-refractivity contribution in [2.75, 3.05) is 26.8 Å². The molecule has 0 atom stereocenters. The Morgan fingerprint density at radius 1 is 1.37 bits per heavy atom. The van der Waals surface area contributed by atoms with Crippen molar-refractivity contribution in [3.63, 3.8) is 0 Å². The SMILES string of the molecule is COCCN(CC(=O)O)Cc1ccc(C2CC2)cc1. The van der Waals surface area contributed by atoms with Crippen LogP contribution in [0.15, 0.2) is 24.3 Å². The van der Waals surface area contributed by atoms with E-state index in [2.05, 4.69) is 24.3 Å². The number of carbonyl (C=O) groups is 1. The summed E-state index contributed by atoms with van der Waals surface area (Å²) in [6, 6.07) is 8.55. The van der Waals surface area contributed by atoms with E-state index in [1.54, 1.807) is 7.11 Å². The van der Waals surface area contributed by atoms with Gasteiger partial charge in [0, 0.05) is 20.2 Å². The molecule has 1 saturated carbocycles. The van der Waals surface area contributed by atoms with Gasteiger partial charge in [0.1, 0.15) is 0 Å². The molecule has 4 nitrogen and oxygen atoms in total. The number of aliphatic carboxylic acids is 1. The zero-order valence-corrected chi connectivity index (χ0v) is 11.3. The summed E-state index contributed by atoms with van der Waals surface area (Å²) in [5, 5.41) is 8.90. The molecule has 1 aliphatic carbocycles. The average Bonchev–Trinajstić information content (AvgIpc) is 3.20. The highest BCUT2D eigenvalue weighted by Gasteiger charge is 2.23. The molecule has 0 amide bonds. The molecule has 0 unspecified atom stereocenters. The van der Waals surface area contributed by atoms with Crippen molar-refractivity contribution in [1.82, 2.24) is 4.90 Å². The third kappa shape index (κ3) is 4.65. The van der Waals surface area contributed by atoms with Crippen LogP contribution in [0.5, 0.6) is 0 Å². The van der Waals surface area contributed by atoms with Crippen LogP contribution in [0.3, 0.4) is 0 Å². The lowest BCUT2D eigenvalue weighted by molar-refractivity contribution is -0.138. The summed E-state index contributed by atoms with van der Waals surface area (Å²) in [7, 11) is 1.63. The summed E-state index contributed by atoms with van der Waals surface area (Å²) in [5.41, 5.74) is 2.56. The van der Waals surface area contributed by atoms with E-state index >= 15 is 0 Å². The van der Waals surface area contributed by atoms with Crippen molar-refractivity contribution in [3.8, 4) is 0 Å². The van der Waals surface area contributed by atoms with Crippen LogP contribution in [0.2, 0.25) is 0 Å². The summed E-state index contributed by atoms with van der Waals surface area (Å²) >= 11 is 0. The van der Waals surface area contributed by atoms with Gasteiger partial charge < -0.3 is 9.84 Å². The van der Waals surface area contributed by atoms with Crippen molar-refractivity contribution in [1.29, 1.82) is 0 Å². The first-order chi connectivity index (χ1) is 9.19. The standard InChI is InChI=1S/C15H21NO3/c1-19-9-8-16(11-15(17)18)10-12-2-4-13(5-3-12)14-6-7-14/h2-5,14H,6-11H2,1H3,(H,17,18). The molecule has 0 spiro atoms. The molecule has 0 aromatic heterocycles. The van der Waals surface area contributed by atoms with Gasteiger partial charge in [-0.05, 0) is 29.9 Å². The van der Waals surface area contributed by atoms with Crippen molar-refractivity contribution < 1.29 is 14.6 Å². The van der Waals surface area contributed by atoms with Crippen LogP contribution in [0.25, 0.3) is 0 Å². The minimum Gasteiger partial charge on any atom is -0.480 e. The lowest BCUT2D eigenvalue weighted by atomic mass is 10.1. The van der Waals surface area contributed by atoms with Gasteiger partial charge in [-0.25, -0.2) is 0 Å². The molecule has 1 fully saturated rings. The average molecular weight is 263 g/mol. The van der Waals surface area contributed by atoms with Crippen LogP contribution in [0.1, 0.15) is 29.9 Å². The van der Waals surface area contributed by atoms with Crippen LogP contribution in [-0.4, -0.2) is 42.8 Å². The third-order valence-electron chi connectivity index (χ3n) is 3.41. The normalized spacial score (nSPS) is 14.8. The first-order valence-electron chi connectivity index (χ1n) is 6.71. The van der Waals surface area contributed by atoms with Gasteiger partial charge in [0.15, 0.2) is 0 Å². The molecule has 0 heterocycles. The van der Waals surface area contributed by atoms with Gasteiger partial charge in [-0.1, -0.05) is 24.3 Å². The van der Waals surface area contributed by atoms with E-state index in [0.29, 0.717) is 19.7 Å². The molecule has 1 aromatic rings. The van der Waals surface area contributed by atoms with Gasteiger partial charge in [0.2, 0.25) is 0 Å². The predicted octanol–water partition coefficient (Wildman–Crippen LogP) is 2.10. The van der Waals surface area contributed by atoms with E-state index in [-0.39, 0.29) is 6.54 Å². The Kier molecular flexibility index (Phi) is 4.93. The number of carboxylic acids is 1. The van der Waals surface area contributed by atoms with Gasteiger partial charge in [-0.15, -0.1) is 0 Å². The number of hydrogen-bond donors (Lipinski definition) is 1. The first-order valence-corrected chi connectivity index (χ1v) is 6.71. The summed E-state index contributed by atoms with van der Waals surface area (Å²) in [5.74, 6) is -0.0385. The van der Waals surface area contributed by atoms with Crippen molar-refractivity contribution >= 4 is 5.97 Å². The molecule has 0 bridgehead atoms. The highest BCUT2D eigenvalue weighted by atomic mass is 16.5. The summed E-state index contributed by atoms with van der Waals surface area (Å²) in [6.07, 6.45) is 2.61. The zero-order valence-electron chi connectivity index (χ0n) is 11.3. The van der Waals surface area contributed by atoms with E-state index in [0.717, 1.165) is 11.5 Å². The van der Waals surface area contributed by atoms with E-state index in [9.17, 15) is 4.79 Å². The molecule has 1 aliphatic rings. The van der Waals surface area contributed by atoms with Crippen LogP contribution in [0.4, 0.5) is 0 Å². The second-order valence-electron chi connectivity index (χ2n) is 5.11. The number of rotatable bonds is 8. The highest BCUT2D eigenvalue weighted by molar-refractivity contribution is 5.69. The molecule has 0 aliphatic heterocycles. The molecule has 4 heteroatoms. The minimum absolute atomic E-state index is 0.0493. The van der Waals surface area contributed by atoms with Crippen LogP contribution < -0.4 is 0 Å². The molecule has 0 saturated heterocycles. The quantitative estimate of drug-likeness (QED) is 0.780.